The van der Waals surface area contributed by atoms with E-state index in [2.05, 4.69) is 32.4 Å². The van der Waals surface area contributed by atoms with Crippen LogP contribution in [0.25, 0.3) is 0 Å². The predicted molar refractivity (Wildman–Crippen MR) is 75.9 cm³/mol. The van der Waals surface area contributed by atoms with Gasteiger partial charge in [0.1, 0.15) is 10.2 Å². The third-order valence-corrected chi connectivity index (χ3v) is 3.73. The zero-order valence-corrected chi connectivity index (χ0v) is 13.4. The molecule has 1 aliphatic rings. The van der Waals surface area contributed by atoms with E-state index in [4.69, 9.17) is 4.74 Å². The summed E-state index contributed by atoms with van der Waals surface area (Å²) in [7, 11) is 0. The summed E-state index contributed by atoms with van der Waals surface area (Å²) >= 11 is 3.46. The number of amides is 1. The summed E-state index contributed by atoms with van der Waals surface area (Å²) in [5.41, 5.74) is 0.587. The van der Waals surface area contributed by atoms with Gasteiger partial charge in [0.15, 0.2) is 0 Å². The first kappa shape index (κ1) is 14.4. The van der Waals surface area contributed by atoms with Crippen LogP contribution in [0.2, 0.25) is 0 Å². The van der Waals surface area contributed by atoms with Crippen LogP contribution < -0.4 is 0 Å². The molecule has 5 nitrogen and oxygen atoms in total. The highest BCUT2D eigenvalue weighted by Crippen LogP contribution is 2.33. The second kappa shape index (κ2) is 5.15. The minimum absolute atomic E-state index is 0.0143. The quantitative estimate of drug-likeness (QED) is 0.793. The smallest absolute Gasteiger partial charge is 0.410 e. The molecule has 106 valence electrons. The van der Waals surface area contributed by atoms with Gasteiger partial charge in [-0.3, -0.25) is 4.90 Å². The second-order valence-corrected chi connectivity index (χ2v) is 6.46. The second-order valence-electron chi connectivity index (χ2n) is 5.71. The fourth-order valence-corrected chi connectivity index (χ4v) is 2.93. The van der Waals surface area contributed by atoms with Crippen LogP contribution in [0.15, 0.2) is 10.9 Å². The predicted octanol–water partition coefficient (Wildman–Crippen LogP) is 3.35. The lowest BCUT2D eigenvalue weighted by atomic mass is 10.1. The Hall–Kier alpha value is -1.04. The van der Waals surface area contributed by atoms with Crippen molar-refractivity contribution in [1.29, 1.82) is 0 Å². The van der Waals surface area contributed by atoms with Gasteiger partial charge in [0.2, 0.25) is 0 Å². The molecule has 2 rings (SSSR count). The van der Waals surface area contributed by atoms with Gasteiger partial charge in [0.25, 0.3) is 0 Å². The van der Waals surface area contributed by atoms with Gasteiger partial charge in [-0.15, -0.1) is 0 Å². The van der Waals surface area contributed by atoms with Gasteiger partial charge in [-0.1, -0.05) is 6.92 Å². The fraction of sp³-hybridized carbons (Fsp3) is 0.692. The molecule has 2 heterocycles. The van der Waals surface area contributed by atoms with Crippen molar-refractivity contribution in [3.63, 3.8) is 0 Å². The zero-order valence-electron chi connectivity index (χ0n) is 11.8. The molecule has 19 heavy (non-hydrogen) atoms. The Labute approximate surface area is 122 Å². The first-order valence-electron chi connectivity index (χ1n) is 6.53. The van der Waals surface area contributed by atoms with Gasteiger partial charge >= 0.3 is 6.09 Å². The zero-order chi connectivity index (χ0) is 14.2. The van der Waals surface area contributed by atoms with Crippen LogP contribution in [-0.4, -0.2) is 32.7 Å². The van der Waals surface area contributed by atoms with Crippen LogP contribution in [0.5, 0.6) is 0 Å². The molecule has 0 fully saturated rings. The van der Waals surface area contributed by atoms with Crippen molar-refractivity contribution < 1.29 is 9.53 Å². The van der Waals surface area contributed by atoms with Gasteiger partial charge < -0.3 is 9.30 Å². The van der Waals surface area contributed by atoms with Crippen LogP contribution in [0, 0.1) is 0 Å². The van der Waals surface area contributed by atoms with Gasteiger partial charge in [0.05, 0.1) is 18.1 Å². The largest absolute Gasteiger partial charge is 0.444 e. The lowest BCUT2D eigenvalue weighted by molar-refractivity contribution is 0.0100. The molecule has 1 atom stereocenters. The van der Waals surface area contributed by atoms with E-state index in [9.17, 15) is 4.79 Å². The first-order valence-corrected chi connectivity index (χ1v) is 7.33. The van der Waals surface area contributed by atoms with E-state index in [1.165, 1.54) is 0 Å². The summed E-state index contributed by atoms with van der Waals surface area (Å²) in [6.07, 6.45) is 2.40. The van der Waals surface area contributed by atoms with Crippen molar-refractivity contribution in [2.75, 3.05) is 6.54 Å². The molecule has 0 spiro atoms. The maximum atomic E-state index is 12.3. The molecule has 1 aliphatic heterocycles. The van der Waals surface area contributed by atoms with Gasteiger partial charge in [0, 0.05) is 13.1 Å². The molecule has 1 aromatic rings. The van der Waals surface area contributed by atoms with Crippen molar-refractivity contribution in [3.8, 4) is 0 Å². The lowest BCUT2D eigenvalue weighted by Gasteiger charge is -2.37. The van der Waals surface area contributed by atoms with Crippen molar-refractivity contribution in [1.82, 2.24) is 14.5 Å². The maximum Gasteiger partial charge on any atom is 0.410 e. The maximum absolute atomic E-state index is 12.3. The minimum atomic E-state index is -0.468. The number of aromatic nitrogens is 2. The Morgan fingerprint density at radius 1 is 1.53 bits per heavy atom. The standard InChI is InChI=1S/C13H20BrN3O2/c1-5-9-10-11(14)15-8-16(10)6-7-17(9)12(18)19-13(2,3)4/h8-9H,5-7H2,1-4H3. The molecule has 0 saturated carbocycles. The van der Waals surface area contributed by atoms with E-state index < -0.39 is 5.60 Å². The molecule has 1 amide bonds. The van der Waals surface area contributed by atoms with Crippen LogP contribution in [0.4, 0.5) is 4.79 Å². The number of halogens is 1. The molecular weight excluding hydrogens is 310 g/mol. The van der Waals surface area contributed by atoms with Crippen LogP contribution in [0.1, 0.15) is 45.9 Å². The van der Waals surface area contributed by atoms with Gasteiger partial charge in [-0.25, -0.2) is 9.78 Å². The molecule has 0 aliphatic carbocycles. The van der Waals surface area contributed by atoms with Crippen LogP contribution in [0.3, 0.4) is 0 Å². The summed E-state index contributed by atoms with van der Waals surface area (Å²) in [4.78, 5) is 18.3. The molecule has 0 N–H and O–H groups in total. The monoisotopic (exact) mass is 329 g/mol. The van der Waals surface area contributed by atoms with Gasteiger partial charge in [-0.2, -0.15) is 0 Å². The number of hydrogen-bond donors (Lipinski definition) is 0. The number of fused-ring (bicyclic) bond motifs is 1. The Balaban J connectivity index is 2.24. The third-order valence-electron chi connectivity index (χ3n) is 3.12. The number of rotatable bonds is 1. The number of carbonyl (C=O) groups excluding carboxylic acids is 1. The minimum Gasteiger partial charge on any atom is -0.444 e. The number of hydrogen-bond acceptors (Lipinski definition) is 3. The van der Waals surface area contributed by atoms with E-state index in [0.717, 1.165) is 23.3 Å². The highest BCUT2D eigenvalue weighted by atomic mass is 79.9. The van der Waals surface area contributed by atoms with Gasteiger partial charge in [-0.05, 0) is 43.1 Å². The van der Waals surface area contributed by atoms with E-state index in [1.54, 1.807) is 4.90 Å². The van der Waals surface area contributed by atoms with Crippen LogP contribution >= 0.6 is 15.9 Å². The van der Waals surface area contributed by atoms with Crippen molar-refractivity contribution in [2.24, 2.45) is 0 Å². The average molecular weight is 330 g/mol. The van der Waals surface area contributed by atoms with E-state index >= 15 is 0 Å². The van der Waals surface area contributed by atoms with Crippen LogP contribution in [-0.2, 0) is 11.3 Å². The topological polar surface area (TPSA) is 47.4 Å². The lowest BCUT2D eigenvalue weighted by Crippen LogP contribution is -2.44. The summed E-state index contributed by atoms with van der Waals surface area (Å²) in [6, 6.07) is 0.0143. The molecule has 6 heteroatoms. The first-order chi connectivity index (χ1) is 8.83. The number of nitrogens with zero attached hydrogens (tertiary/aromatic N) is 3. The van der Waals surface area contributed by atoms with Crippen molar-refractivity contribution >= 4 is 22.0 Å². The van der Waals surface area contributed by atoms with E-state index in [1.807, 2.05) is 27.1 Å². The molecule has 1 aromatic heterocycles. The number of imidazole rings is 1. The highest BCUT2D eigenvalue weighted by molar-refractivity contribution is 9.10. The Morgan fingerprint density at radius 2 is 2.21 bits per heavy atom. The Kier molecular flexibility index (Phi) is 3.90. The normalized spacial score (nSPS) is 19.2. The average Bonchev–Trinajstić information content (AvgIpc) is 2.68. The van der Waals surface area contributed by atoms with Crippen molar-refractivity contribution in [3.05, 3.63) is 16.6 Å². The fourth-order valence-electron chi connectivity index (χ4n) is 2.35. The van der Waals surface area contributed by atoms with E-state index in [0.29, 0.717) is 6.54 Å². The molecule has 1 unspecified atom stereocenters. The molecule has 0 radical (unpaired) electrons. The van der Waals surface area contributed by atoms with Crippen molar-refractivity contribution in [2.45, 2.75) is 52.3 Å². The molecule has 0 bridgehead atoms. The third kappa shape index (κ3) is 2.94. The molecular formula is C13H20BrN3O2. The summed E-state index contributed by atoms with van der Waals surface area (Å²) in [5, 5.41) is 0. The molecule has 0 aromatic carbocycles. The number of ether oxygens (including phenoxy) is 1. The summed E-state index contributed by atoms with van der Waals surface area (Å²) in [5.74, 6) is 0. The highest BCUT2D eigenvalue weighted by Gasteiger charge is 2.34. The number of carbonyl (C=O) groups is 1. The van der Waals surface area contributed by atoms with E-state index in [-0.39, 0.29) is 12.1 Å². The summed E-state index contributed by atoms with van der Waals surface area (Å²) < 4.78 is 8.39. The Bertz CT molecular complexity index is 479. The summed E-state index contributed by atoms with van der Waals surface area (Å²) in [6.45, 7) is 9.13. The SMILES string of the molecule is CCC1c2c(Br)ncn2CCN1C(=O)OC(C)(C)C. The Morgan fingerprint density at radius 3 is 2.79 bits per heavy atom. The molecule has 0 saturated heterocycles.